The van der Waals surface area contributed by atoms with Gasteiger partial charge in [0.05, 0.1) is 5.41 Å². The zero-order chi connectivity index (χ0) is 20.1. The molecule has 1 aromatic heterocycles. The van der Waals surface area contributed by atoms with Crippen molar-refractivity contribution >= 4 is 5.91 Å². The largest absolute Gasteiger partial charge is 0.356 e. The molecule has 1 aromatic carbocycles. The number of nitrogens with one attached hydrogen (secondary N) is 1. The summed E-state index contributed by atoms with van der Waals surface area (Å²) in [7, 11) is 0. The maximum absolute atomic E-state index is 13.3. The molecule has 0 radical (unpaired) electrons. The Morgan fingerprint density at radius 3 is 2.66 bits per heavy atom. The Bertz CT molecular complexity index is 808. The second-order valence-electron chi connectivity index (χ2n) is 8.86. The van der Waals surface area contributed by atoms with Crippen molar-refractivity contribution in [3.63, 3.8) is 0 Å². The topological polar surface area (TPSA) is 45.2 Å². The second kappa shape index (κ2) is 9.08. The number of carbonyl (C=O) groups is 1. The summed E-state index contributed by atoms with van der Waals surface area (Å²) in [6.07, 6.45) is 10.1. The van der Waals surface area contributed by atoms with Gasteiger partial charge in [0.2, 0.25) is 5.91 Å². The Labute approximate surface area is 174 Å². The predicted octanol–water partition coefficient (Wildman–Crippen LogP) is 4.31. The molecule has 0 unspecified atom stereocenters. The van der Waals surface area contributed by atoms with E-state index in [-0.39, 0.29) is 11.3 Å². The van der Waals surface area contributed by atoms with Gasteiger partial charge < -0.3 is 10.2 Å². The van der Waals surface area contributed by atoms with E-state index in [1.54, 1.807) is 6.20 Å². The van der Waals surface area contributed by atoms with Crippen LogP contribution in [0.25, 0.3) is 11.1 Å². The number of hydrogen-bond acceptors (Lipinski definition) is 3. The van der Waals surface area contributed by atoms with Gasteiger partial charge in [-0.2, -0.15) is 0 Å². The average molecular weight is 392 g/mol. The van der Waals surface area contributed by atoms with Crippen molar-refractivity contribution in [1.29, 1.82) is 0 Å². The molecule has 1 aliphatic heterocycles. The van der Waals surface area contributed by atoms with E-state index >= 15 is 0 Å². The number of aromatic nitrogens is 1. The molecule has 29 heavy (non-hydrogen) atoms. The van der Waals surface area contributed by atoms with Crippen molar-refractivity contribution in [2.75, 3.05) is 26.2 Å². The van der Waals surface area contributed by atoms with Crippen LogP contribution < -0.4 is 5.32 Å². The molecule has 4 rings (SSSR count). The van der Waals surface area contributed by atoms with E-state index in [0.29, 0.717) is 0 Å². The van der Waals surface area contributed by atoms with Crippen LogP contribution in [0.5, 0.6) is 0 Å². The summed E-state index contributed by atoms with van der Waals surface area (Å²) < 4.78 is 0. The molecule has 154 valence electrons. The van der Waals surface area contributed by atoms with Gasteiger partial charge in [-0.1, -0.05) is 37.3 Å². The number of carbonyl (C=O) groups excluding carboxylic acids is 1. The lowest BCUT2D eigenvalue weighted by atomic mass is 9.72. The summed E-state index contributed by atoms with van der Waals surface area (Å²) in [5.74, 6) is 1.15. The Morgan fingerprint density at radius 2 is 1.97 bits per heavy atom. The minimum Gasteiger partial charge on any atom is -0.356 e. The number of amides is 1. The van der Waals surface area contributed by atoms with Crippen molar-refractivity contribution in [1.82, 2.24) is 15.2 Å². The summed E-state index contributed by atoms with van der Waals surface area (Å²) in [6, 6.07) is 12.6. The van der Waals surface area contributed by atoms with Gasteiger partial charge >= 0.3 is 0 Å². The predicted molar refractivity (Wildman–Crippen MR) is 118 cm³/mol. The number of hydrogen-bond donors (Lipinski definition) is 1. The fourth-order valence-corrected chi connectivity index (χ4v) is 4.58. The maximum Gasteiger partial charge on any atom is 0.226 e. The third kappa shape index (κ3) is 4.87. The first kappa shape index (κ1) is 20.1. The minimum absolute atomic E-state index is 0.242. The molecule has 2 heterocycles. The van der Waals surface area contributed by atoms with E-state index in [9.17, 15) is 4.79 Å². The van der Waals surface area contributed by atoms with Gasteiger partial charge in [0, 0.05) is 31.0 Å². The third-order valence-electron chi connectivity index (χ3n) is 6.56. The molecule has 1 amide bonds. The lowest BCUT2D eigenvalue weighted by molar-refractivity contribution is -0.134. The van der Waals surface area contributed by atoms with Crippen LogP contribution in [0, 0.1) is 11.3 Å². The van der Waals surface area contributed by atoms with Crippen LogP contribution in [-0.4, -0.2) is 42.0 Å². The van der Waals surface area contributed by atoms with E-state index in [4.69, 9.17) is 0 Å². The van der Waals surface area contributed by atoms with Gasteiger partial charge in [-0.3, -0.25) is 9.78 Å². The Kier molecular flexibility index (Phi) is 6.29. The highest BCUT2D eigenvalue weighted by molar-refractivity contribution is 5.83. The number of pyridine rings is 1. The third-order valence-corrected chi connectivity index (χ3v) is 6.56. The van der Waals surface area contributed by atoms with Crippen molar-refractivity contribution < 1.29 is 4.79 Å². The van der Waals surface area contributed by atoms with Gasteiger partial charge in [-0.05, 0) is 74.7 Å². The number of piperidine rings is 1. The smallest absolute Gasteiger partial charge is 0.226 e. The molecule has 1 aliphatic carbocycles. The van der Waals surface area contributed by atoms with Crippen molar-refractivity contribution in [2.45, 2.75) is 45.4 Å². The molecule has 0 spiro atoms. The summed E-state index contributed by atoms with van der Waals surface area (Å²) in [5, 5.41) is 3.22. The van der Waals surface area contributed by atoms with Crippen molar-refractivity contribution in [3.05, 3.63) is 54.4 Å². The highest BCUT2D eigenvalue weighted by Gasteiger charge is 2.42. The van der Waals surface area contributed by atoms with Crippen LogP contribution in [0.15, 0.2) is 48.8 Å². The fourth-order valence-electron chi connectivity index (χ4n) is 4.58. The highest BCUT2D eigenvalue weighted by Crippen LogP contribution is 2.39. The van der Waals surface area contributed by atoms with Crippen LogP contribution in [0.3, 0.4) is 0 Å². The summed E-state index contributed by atoms with van der Waals surface area (Å²) >= 11 is 0. The molecule has 4 heteroatoms. The normalized spacial score (nSPS) is 19.1. The van der Waals surface area contributed by atoms with E-state index in [1.165, 1.54) is 30.5 Å². The molecule has 2 fully saturated rings. The molecule has 2 aromatic rings. The van der Waals surface area contributed by atoms with Crippen LogP contribution in [0.1, 0.15) is 44.6 Å². The van der Waals surface area contributed by atoms with Gasteiger partial charge in [0.15, 0.2) is 0 Å². The lowest BCUT2D eigenvalue weighted by Crippen LogP contribution is -2.50. The van der Waals surface area contributed by atoms with E-state index < -0.39 is 0 Å². The van der Waals surface area contributed by atoms with Crippen molar-refractivity contribution in [2.24, 2.45) is 11.3 Å². The van der Waals surface area contributed by atoms with Gasteiger partial charge in [0.1, 0.15) is 0 Å². The lowest BCUT2D eigenvalue weighted by Gasteiger charge is -2.41. The molecule has 2 aliphatic rings. The molecular weight excluding hydrogens is 358 g/mol. The fraction of sp³-hybridized carbons (Fsp3) is 0.520. The Balaban J connectivity index is 1.57. The van der Waals surface area contributed by atoms with E-state index in [1.807, 2.05) is 12.3 Å². The highest BCUT2D eigenvalue weighted by atomic mass is 16.2. The van der Waals surface area contributed by atoms with Gasteiger partial charge in [-0.25, -0.2) is 0 Å². The number of likely N-dealkylation sites (tertiary alicyclic amines) is 1. The quantitative estimate of drug-likeness (QED) is 0.729. The van der Waals surface area contributed by atoms with Crippen LogP contribution in [0.2, 0.25) is 0 Å². The number of rotatable bonds is 8. The van der Waals surface area contributed by atoms with E-state index in [0.717, 1.165) is 56.8 Å². The molecular formula is C25H33N3O. The second-order valence-corrected chi connectivity index (χ2v) is 8.86. The molecule has 1 saturated carbocycles. The molecule has 1 saturated heterocycles. The summed E-state index contributed by atoms with van der Waals surface area (Å²) in [5.41, 5.74) is 3.26. The molecule has 4 nitrogen and oxygen atoms in total. The zero-order valence-electron chi connectivity index (χ0n) is 17.6. The first-order chi connectivity index (χ1) is 14.2. The number of nitrogens with zero attached hydrogens (tertiary/aromatic N) is 2. The standard InChI is InChI=1S/C25H33N3O/c1-2-13-27-24(29)25(11-15-28(16-12-25)19-20-9-10-20)17-21-6-3-4-8-23(21)22-7-5-14-26-18-22/h3-8,14,18,20H,2,9-13,15-17,19H2,1H3,(H,27,29). The minimum atomic E-state index is -0.312. The molecule has 1 N–H and O–H groups in total. The first-order valence-corrected chi connectivity index (χ1v) is 11.2. The maximum atomic E-state index is 13.3. The molecule has 0 atom stereocenters. The summed E-state index contributed by atoms with van der Waals surface area (Å²) in [6.45, 7) is 6.16. The molecule has 0 bridgehead atoms. The Morgan fingerprint density at radius 1 is 1.17 bits per heavy atom. The SMILES string of the molecule is CCCNC(=O)C1(Cc2ccccc2-c2cccnc2)CCN(CC2CC2)CC1. The van der Waals surface area contributed by atoms with E-state index in [2.05, 4.69) is 52.5 Å². The van der Waals surface area contributed by atoms with Crippen LogP contribution in [-0.2, 0) is 11.2 Å². The van der Waals surface area contributed by atoms with Gasteiger partial charge in [0.25, 0.3) is 0 Å². The average Bonchev–Trinajstić information content (AvgIpc) is 3.58. The van der Waals surface area contributed by atoms with Crippen LogP contribution >= 0.6 is 0 Å². The Hall–Kier alpha value is -2.20. The van der Waals surface area contributed by atoms with Gasteiger partial charge in [-0.15, -0.1) is 0 Å². The van der Waals surface area contributed by atoms with Crippen molar-refractivity contribution in [3.8, 4) is 11.1 Å². The van der Waals surface area contributed by atoms with Crippen LogP contribution in [0.4, 0.5) is 0 Å². The zero-order valence-corrected chi connectivity index (χ0v) is 17.6. The summed E-state index contributed by atoms with van der Waals surface area (Å²) in [4.78, 5) is 20.2. The number of benzene rings is 1. The monoisotopic (exact) mass is 391 g/mol. The first-order valence-electron chi connectivity index (χ1n) is 11.2.